The van der Waals surface area contributed by atoms with E-state index in [2.05, 4.69) is 15.3 Å². The summed E-state index contributed by atoms with van der Waals surface area (Å²) in [5.74, 6) is 1.20. The van der Waals surface area contributed by atoms with Gasteiger partial charge in [-0.2, -0.15) is 0 Å². The summed E-state index contributed by atoms with van der Waals surface area (Å²) in [6.07, 6.45) is 2.45. The van der Waals surface area contributed by atoms with Crippen LogP contribution in [0.2, 0.25) is 0 Å². The molecule has 0 spiro atoms. The first-order chi connectivity index (χ1) is 9.06. The van der Waals surface area contributed by atoms with Gasteiger partial charge in [-0.1, -0.05) is 0 Å². The van der Waals surface area contributed by atoms with Gasteiger partial charge in [0, 0.05) is 41.5 Å². The standard InChI is InChI=1S/C11H14N4O3S/c1-19(18)6-2-5-12-11-13-9-4-3-8(15(16)17)7-10(9)14-11/h3-4,7H,2,5-6H2,1H3,(H2,12,13,14). The molecule has 0 saturated heterocycles. The van der Waals surface area contributed by atoms with E-state index in [0.717, 1.165) is 6.42 Å². The zero-order valence-corrected chi connectivity index (χ0v) is 11.2. The number of nitrogens with zero attached hydrogens (tertiary/aromatic N) is 2. The average molecular weight is 282 g/mol. The second-order valence-electron chi connectivity index (χ2n) is 4.10. The number of nitro benzene ring substituents is 1. The number of hydrogen-bond acceptors (Lipinski definition) is 5. The molecule has 0 aliphatic heterocycles. The predicted molar refractivity (Wildman–Crippen MR) is 74.8 cm³/mol. The Balaban J connectivity index is 2.04. The molecular weight excluding hydrogens is 268 g/mol. The number of aromatic nitrogens is 2. The molecule has 1 atom stereocenters. The second kappa shape index (κ2) is 5.79. The quantitative estimate of drug-likeness (QED) is 0.476. The van der Waals surface area contributed by atoms with Crippen molar-refractivity contribution in [2.75, 3.05) is 23.9 Å². The molecule has 2 aromatic rings. The number of imidazole rings is 1. The molecule has 1 aromatic carbocycles. The average Bonchev–Trinajstić information content (AvgIpc) is 2.75. The van der Waals surface area contributed by atoms with Crippen LogP contribution in [0.25, 0.3) is 11.0 Å². The molecule has 2 N–H and O–H groups in total. The van der Waals surface area contributed by atoms with Crippen molar-refractivity contribution < 1.29 is 9.13 Å². The van der Waals surface area contributed by atoms with Crippen molar-refractivity contribution in [3.8, 4) is 0 Å². The normalized spacial score (nSPS) is 12.5. The molecule has 19 heavy (non-hydrogen) atoms. The van der Waals surface area contributed by atoms with E-state index in [1.165, 1.54) is 12.1 Å². The van der Waals surface area contributed by atoms with Gasteiger partial charge < -0.3 is 10.3 Å². The molecule has 1 unspecified atom stereocenters. The number of hydrogen-bond donors (Lipinski definition) is 2. The summed E-state index contributed by atoms with van der Waals surface area (Å²) in [5, 5.41) is 13.7. The molecule has 0 fully saturated rings. The van der Waals surface area contributed by atoms with Crippen LogP contribution < -0.4 is 5.32 Å². The van der Waals surface area contributed by atoms with Crippen LogP contribution in [0.1, 0.15) is 6.42 Å². The van der Waals surface area contributed by atoms with Gasteiger partial charge in [-0.3, -0.25) is 14.3 Å². The summed E-state index contributed by atoms with van der Waals surface area (Å²) < 4.78 is 10.9. The molecule has 2 rings (SSSR count). The van der Waals surface area contributed by atoms with Crippen LogP contribution >= 0.6 is 0 Å². The van der Waals surface area contributed by atoms with E-state index in [0.29, 0.717) is 29.3 Å². The fourth-order valence-electron chi connectivity index (χ4n) is 1.68. The highest BCUT2D eigenvalue weighted by molar-refractivity contribution is 7.84. The third kappa shape index (κ3) is 3.50. The lowest BCUT2D eigenvalue weighted by Gasteiger charge is -2.00. The number of nitrogens with one attached hydrogen (secondary N) is 2. The molecule has 0 aliphatic rings. The van der Waals surface area contributed by atoms with Crippen molar-refractivity contribution in [1.82, 2.24) is 9.97 Å². The first-order valence-electron chi connectivity index (χ1n) is 5.74. The van der Waals surface area contributed by atoms with Gasteiger partial charge >= 0.3 is 0 Å². The van der Waals surface area contributed by atoms with E-state index in [-0.39, 0.29) is 5.69 Å². The summed E-state index contributed by atoms with van der Waals surface area (Å²) >= 11 is 0. The molecule has 1 aromatic heterocycles. The van der Waals surface area contributed by atoms with Crippen molar-refractivity contribution in [1.29, 1.82) is 0 Å². The number of non-ortho nitro benzene ring substituents is 1. The molecule has 0 radical (unpaired) electrons. The van der Waals surface area contributed by atoms with Crippen LogP contribution in [0.3, 0.4) is 0 Å². The maximum absolute atomic E-state index is 10.9. The molecule has 102 valence electrons. The Morgan fingerprint density at radius 1 is 1.53 bits per heavy atom. The van der Waals surface area contributed by atoms with Crippen LogP contribution in [-0.4, -0.2) is 37.7 Å². The van der Waals surface area contributed by atoms with E-state index in [1.54, 1.807) is 12.3 Å². The van der Waals surface area contributed by atoms with Crippen molar-refractivity contribution in [3.63, 3.8) is 0 Å². The van der Waals surface area contributed by atoms with E-state index in [1.807, 2.05) is 0 Å². The zero-order valence-electron chi connectivity index (χ0n) is 10.4. The van der Waals surface area contributed by atoms with Crippen molar-refractivity contribution in [2.45, 2.75) is 6.42 Å². The number of H-pyrrole nitrogens is 1. The SMILES string of the molecule is CS(=O)CCCNc1nc2ccc([N+](=O)[O-])cc2[nH]1. The second-order valence-corrected chi connectivity index (χ2v) is 5.66. The molecule has 0 bridgehead atoms. The molecule has 1 heterocycles. The highest BCUT2D eigenvalue weighted by Gasteiger charge is 2.09. The number of aromatic amines is 1. The lowest BCUT2D eigenvalue weighted by atomic mass is 10.3. The largest absolute Gasteiger partial charge is 0.356 e. The Labute approximate surface area is 112 Å². The number of anilines is 1. The predicted octanol–water partition coefficient (Wildman–Crippen LogP) is 1.65. The zero-order chi connectivity index (χ0) is 13.8. The lowest BCUT2D eigenvalue weighted by molar-refractivity contribution is -0.384. The fourth-order valence-corrected chi connectivity index (χ4v) is 2.23. The van der Waals surface area contributed by atoms with Crippen molar-refractivity contribution in [2.24, 2.45) is 0 Å². The molecule has 0 aliphatic carbocycles. The molecule has 0 saturated carbocycles. The van der Waals surface area contributed by atoms with E-state index in [9.17, 15) is 14.3 Å². The van der Waals surface area contributed by atoms with Gasteiger partial charge in [-0.25, -0.2) is 4.98 Å². The summed E-state index contributed by atoms with van der Waals surface area (Å²) in [6.45, 7) is 0.654. The minimum absolute atomic E-state index is 0.0316. The monoisotopic (exact) mass is 282 g/mol. The van der Waals surface area contributed by atoms with E-state index < -0.39 is 15.7 Å². The van der Waals surface area contributed by atoms with Crippen LogP contribution in [0.15, 0.2) is 18.2 Å². The highest BCUT2D eigenvalue weighted by atomic mass is 32.2. The van der Waals surface area contributed by atoms with Crippen molar-refractivity contribution >= 4 is 33.5 Å². The Hall–Kier alpha value is -1.96. The Bertz CT molecular complexity index is 625. The maximum Gasteiger partial charge on any atom is 0.271 e. The number of nitro groups is 1. The van der Waals surface area contributed by atoms with Gasteiger partial charge in [0.2, 0.25) is 5.95 Å². The van der Waals surface area contributed by atoms with E-state index in [4.69, 9.17) is 0 Å². The number of benzene rings is 1. The first-order valence-corrected chi connectivity index (χ1v) is 7.47. The van der Waals surface area contributed by atoms with Crippen molar-refractivity contribution in [3.05, 3.63) is 28.3 Å². The lowest BCUT2D eigenvalue weighted by Crippen LogP contribution is -2.06. The van der Waals surface area contributed by atoms with Gasteiger partial charge in [0.1, 0.15) is 0 Å². The van der Waals surface area contributed by atoms with Crippen LogP contribution in [-0.2, 0) is 10.8 Å². The summed E-state index contributed by atoms with van der Waals surface area (Å²) in [5.41, 5.74) is 1.33. The molecule has 8 heteroatoms. The van der Waals surface area contributed by atoms with Gasteiger partial charge in [0.25, 0.3) is 5.69 Å². The Morgan fingerprint density at radius 2 is 2.32 bits per heavy atom. The van der Waals surface area contributed by atoms with E-state index >= 15 is 0 Å². The first kappa shape index (κ1) is 13.5. The van der Waals surface area contributed by atoms with Crippen LogP contribution in [0.5, 0.6) is 0 Å². The Morgan fingerprint density at radius 3 is 3.00 bits per heavy atom. The molecular formula is C11H14N4O3S. The fraction of sp³-hybridized carbons (Fsp3) is 0.364. The maximum atomic E-state index is 10.9. The van der Waals surface area contributed by atoms with Gasteiger partial charge in [-0.15, -0.1) is 0 Å². The Kier molecular flexibility index (Phi) is 4.10. The van der Waals surface area contributed by atoms with Crippen LogP contribution in [0.4, 0.5) is 11.6 Å². The summed E-state index contributed by atoms with van der Waals surface area (Å²) in [4.78, 5) is 17.5. The third-order valence-electron chi connectivity index (χ3n) is 2.58. The minimum Gasteiger partial charge on any atom is -0.356 e. The molecule has 7 nitrogen and oxygen atoms in total. The molecule has 0 amide bonds. The summed E-state index contributed by atoms with van der Waals surface area (Å²) in [7, 11) is -0.792. The summed E-state index contributed by atoms with van der Waals surface area (Å²) in [6, 6.07) is 4.48. The van der Waals surface area contributed by atoms with Gasteiger partial charge in [0.05, 0.1) is 16.0 Å². The smallest absolute Gasteiger partial charge is 0.271 e. The minimum atomic E-state index is -0.792. The van der Waals surface area contributed by atoms with Crippen LogP contribution in [0, 0.1) is 10.1 Å². The number of rotatable bonds is 6. The van der Waals surface area contributed by atoms with Gasteiger partial charge in [0.15, 0.2) is 0 Å². The third-order valence-corrected chi connectivity index (χ3v) is 3.44. The van der Waals surface area contributed by atoms with Gasteiger partial charge in [-0.05, 0) is 12.5 Å². The topological polar surface area (TPSA) is 101 Å². The highest BCUT2D eigenvalue weighted by Crippen LogP contribution is 2.20. The number of fused-ring (bicyclic) bond motifs is 1.